The smallest absolute Gasteiger partial charge is 0.344 e. The van der Waals surface area contributed by atoms with Crippen LogP contribution in [0.3, 0.4) is 0 Å². The molecule has 0 bridgehead atoms. The number of halogens is 2. The van der Waals surface area contributed by atoms with Gasteiger partial charge in [0.15, 0.2) is 6.61 Å². The standard InChI is InChI=1S/C34H58Cl2O16/c35-31-1-2-33(32(36)29-31)52-30-34(38)51-28-27-50-26-25-49-24-23-48-22-21-47-20-19-46-18-17-45-16-15-44-14-13-43-12-11-42-10-9-41-8-7-40-6-5-39-4-3-37/h1-2,29,37H,3-28,30H2. The van der Waals surface area contributed by atoms with Crippen molar-refractivity contribution >= 4 is 29.2 Å². The van der Waals surface area contributed by atoms with Gasteiger partial charge in [-0.1, -0.05) is 23.2 Å². The normalized spacial score (nSPS) is 11.4. The highest BCUT2D eigenvalue weighted by atomic mass is 35.5. The minimum Gasteiger partial charge on any atom is -0.480 e. The van der Waals surface area contributed by atoms with Gasteiger partial charge in [-0.05, 0) is 18.2 Å². The first-order valence-corrected chi connectivity index (χ1v) is 18.2. The minimum absolute atomic E-state index is 0.0179. The average molecular weight is 794 g/mol. The van der Waals surface area contributed by atoms with Crippen molar-refractivity contribution in [3.8, 4) is 5.75 Å². The molecule has 0 spiro atoms. The molecule has 1 aromatic carbocycles. The number of aliphatic hydroxyl groups excluding tert-OH is 1. The molecule has 0 saturated heterocycles. The zero-order valence-corrected chi connectivity index (χ0v) is 31.7. The van der Waals surface area contributed by atoms with Crippen molar-refractivity contribution in [1.82, 2.24) is 0 Å². The molecule has 0 aliphatic carbocycles. The molecule has 1 N–H and O–H groups in total. The molecule has 0 radical (unpaired) electrons. The number of hydrogen-bond acceptors (Lipinski definition) is 16. The summed E-state index contributed by atoms with van der Waals surface area (Å²) in [4.78, 5) is 11.7. The highest BCUT2D eigenvalue weighted by molar-refractivity contribution is 6.35. The molecule has 0 aromatic heterocycles. The molecule has 18 heteroatoms. The summed E-state index contributed by atoms with van der Waals surface area (Å²) in [6, 6.07) is 4.73. The first kappa shape index (κ1) is 48.6. The SMILES string of the molecule is O=C(COc1ccc(Cl)cc1Cl)OCCOCCOCCOCCOCCOCCOCCOCCOCCOCCOCCOCCOCCO. The van der Waals surface area contributed by atoms with Crippen LogP contribution in [0.25, 0.3) is 0 Å². The van der Waals surface area contributed by atoms with Gasteiger partial charge >= 0.3 is 5.97 Å². The predicted molar refractivity (Wildman–Crippen MR) is 190 cm³/mol. The number of benzene rings is 1. The van der Waals surface area contributed by atoms with Crippen molar-refractivity contribution in [1.29, 1.82) is 0 Å². The van der Waals surface area contributed by atoms with E-state index in [0.29, 0.717) is 168 Å². The lowest BCUT2D eigenvalue weighted by molar-refractivity contribution is -0.147. The fourth-order valence-electron chi connectivity index (χ4n) is 3.57. The van der Waals surface area contributed by atoms with Crippen LogP contribution >= 0.6 is 23.2 Å². The van der Waals surface area contributed by atoms with Gasteiger partial charge in [-0.15, -0.1) is 0 Å². The van der Waals surface area contributed by atoms with Gasteiger partial charge in [-0.25, -0.2) is 4.79 Å². The Balaban J connectivity index is 1.65. The summed E-state index contributed by atoms with van der Waals surface area (Å²) < 4.78 is 75.2. The number of carbonyl (C=O) groups excluding carboxylic acids is 1. The molecule has 0 saturated carbocycles. The molecular formula is C34H58Cl2O16. The Labute approximate surface area is 317 Å². The van der Waals surface area contributed by atoms with E-state index in [0.717, 1.165) is 0 Å². The Morgan fingerprint density at radius 1 is 0.442 bits per heavy atom. The van der Waals surface area contributed by atoms with Crippen LogP contribution in [0.1, 0.15) is 0 Å². The Morgan fingerprint density at radius 3 is 1.02 bits per heavy atom. The number of aliphatic hydroxyl groups is 1. The second-order valence-electron chi connectivity index (χ2n) is 10.2. The molecule has 16 nitrogen and oxygen atoms in total. The Kier molecular flexibility index (Phi) is 36.7. The van der Waals surface area contributed by atoms with Crippen LogP contribution < -0.4 is 4.74 Å². The molecule has 0 unspecified atom stereocenters. The highest BCUT2D eigenvalue weighted by Gasteiger charge is 2.07. The summed E-state index contributed by atoms with van der Waals surface area (Å²) in [5.74, 6) is -0.177. The minimum atomic E-state index is -0.530. The van der Waals surface area contributed by atoms with Gasteiger partial charge in [0.2, 0.25) is 0 Å². The van der Waals surface area contributed by atoms with Crippen LogP contribution in [0.4, 0.5) is 0 Å². The van der Waals surface area contributed by atoms with Crippen LogP contribution in [0.5, 0.6) is 5.75 Å². The Bertz CT molecular complexity index is 920. The molecule has 0 fully saturated rings. The second kappa shape index (κ2) is 39.2. The van der Waals surface area contributed by atoms with Crippen LogP contribution in [0.15, 0.2) is 18.2 Å². The predicted octanol–water partition coefficient (Wildman–Crippen LogP) is 2.11. The number of rotatable bonds is 41. The van der Waals surface area contributed by atoms with E-state index in [-0.39, 0.29) is 26.4 Å². The Hall–Kier alpha value is -1.45. The lowest BCUT2D eigenvalue weighted by Gasteiger charge is -2.09. The van der Waals surface area contributed by atoms with E-state index in [9.17, 15) is 4.79 Å². The largest absolute Gasteiger partial charge is 0.480 e. The van der Waals surface area contributed by atoms with E-state index < -0.39 is 5.97 Å². The first-order valence-electron chi connectivity index (χ1n) is 17.4. The lowest BCUT2D eigenvalue weighted by Crippen LogP contribution is -2.18. The maximum Gasteiger partial charge on any atom is 0.344 e. The third-order valence-corrected chi connectivity index (χ3v) is 6.59. The topological polar surface area (TPSA) is 167 Å². The van der Waals surface area contributed by atoms with Crippen molar-refractivity contribution in [2.24, 2.45) is 0 Å². The third kappa shape index (κ3) is 34.3. The van der Waals surface area contributed by atoms with Crippen molar-refractivity contribution in [3.63, 3.8) is 0 Å². The maximum absolute atomic E-state index is 11.7. The Morgan fingerprint density at radius 2 is 0.731 bits per heavy atom. The lowest BCUT2D eigenvalue weighted by atomic mass is 10.3. The molecule has 0 aliphatic rings. The molecule has 1 rings (SSSR count). The van der Waals surface area contributed by atoms with Crippen LogP contribution in [0, 0.1) is 0 Å². The van der Waals surface area contributed by atoms with E-state index in [1.807, 2.05) is 0 Å². The van der Waals surface area contributed by atoms with Gasteiger partial charge in [0.25, 0.3) is 0 Å². The summed E-state index contributed by atoms with van der Waals surface area (Å²) >= 11 is 11.8. The maximum atomic E-state index is 11.7. The fourth-order valence-corrected chi connectivity index (χ4v) is 4.03. The van der Waals surface area contributed by atoms with Crippen molar-refractivity contribution < 1.29 is 76.2 Å². The molecule has 304 valence electrons. The van der Waals surface area contributed by atoms with E-state index in [1.165, 1.54) is 6.07 Å². The van der Waals surface area contributed by atoms with Gasteiger partial charge in [-0.2, -0.15) is 0 Å². The van der Waals surface area contributed by atoms with Gasteiger partial charge < -0.3 is 71.4 Å². The van der Waals surface area contributed by atoms with E-state index >= 15 is 0 Å². The highest BCUT2D eigenvalue weighted by Crippen LogP contribution is 2.27. The molecular weight excluding hydrogens is 735 g/mol. The summed E-state index contributed by atoms with van der Waals surface area (Å²) in [5.41, 5.74) is 0. The van der Waals surface area contributed by atoms with Crippen molar-refractivity contribution in [3.05, 3.63) is 28.2 Å². The average Bonchev–Trinajstić information content (AvgIpc) is 3.14. The van der Waals surface area contributed by atoms with Crippen molar-refractivity contribution in [2.75, 3.05) is 178 Å². The zero-order valence-electron chi connectivity index (χ0n) is 30.2. The third-order valence-electron chi connectivity index (χ3n) is 6.06. The van der Waals surface area contributed by atoms with Gasteiger partial charge in [0.05, 0.1) is 170 Å². The van der Waals surface area contributed by atoms with Crippen LogP contribution in [-0.4, -0.2) is 189 Å². The molecule has 0 aliphatic heterocycles. The van der Waals surface area contributed by atoms with Gasteiger partial charge in [-0.3, -0.25) is 0 Å². The summed E-state index contributed by atoms with van der Waals surface area (Å²) in [5, 5.41) is 9.38. The van der Waals surface area contributed by atoms with Gasteiger partial charge in [0.1, 0.15) is 12.4 Å². The monoisotopic (exact) mass is 792 g/mol. The zero-order chi connectivity index (χ0) is 37.4. The first-order chi connectivity index (χ1) is 25.6. The van der Waals surface area contributed by atoms with Crippen molar-refractivity contribution in [2.45, 2.75) is 0 Å². The second-order valence-corrected chi connectivity index (χ2v) is 11.0. The molecule has 52 heavy (non-hydrogen) atoms. The summed E-state index contributed by atoms with van der Waals surface area (Å²) in [6.07, 6.45) is 0. The van der Waals surface area contributed by atoms with Crippen LogP contribution in [0.2, 0.25) is 10.0 Å². The van der Waals surface area contributed by atoms with E-state index in [1.54, 1.807) is 12.1 Å². The fraction of sp³-hybridized carbons (Fsp3) is 0.794. The summed E-state index contributed by atoms with van der Waals surface area (Å²) in [7, 11) is 0. The molecule has 0 atom stereocenters. The number of carbonyl (C=O) groups is 1. The quantitative estimate of drug-likeness (QED) is 0.0756. The van der Waals surface area contributed by atoms with E-state index in [4.69, 9.17) is 94.6 Å². The summed E-state index contributed by atoms with van der Waals surface area (Å²) in [6.45, 7) is 10.7. The number of esters is 1. The molecule has 0 amide bonds. The number of hydrogen-bond donors (Lipinski definition) is 1. The molecule has 0 heterocycles. The van der Waals surface area contributed by atoms with E-state index in [2.05, 4.69) is 0 Å². The van der Waals surface area contributed by atoms with Crippen LogP contribution in [-0.2, 0) is 66.4 Å². The van der Waals surface area contributed by atoms with Gasteiger partial charge in [0, 0.05) is 5.02 Å². The number of ether oxygens (including phenoxy) is 14. The molecule has 1 aromatic rings.